The van der Waals surface area contributed by atoms with Gasteiger partial charge in [-0.1, -0.05) is 20.8 Å². The lowest BCUT2D eigenvalue weighted by Crippen LogP contribution is -2.17. The zero-order valence-corrected chi connectivity index (χ0v) is 9.23. The number of hydrogen-bond donors (Lipinski definition) is 1. The van der Waals surface area contributed by atoms with Gasteiger partial charge in [0, 0.05) is 22.1 Å². The van der Waals surface area contributed by atoms with Crippen molar-refractivity contribution < 1.29 is 4.42 Å². The fourth-order valence-electron chi connectivity index (χ4n) is 0.922. The first kappa shape index (κ1) is 10.7. The molecule has 2 nitrogen and oxygen atoms in total. The van der Waals surface area contributed by atoms with Gasteiger partial charge in [0.25, 0.3) is 0 Å². The van der Waals surface area contributed by atoms with Crippen LogP contribution in [0.4, 0.5) is 0 Å². The minimum absolute atomic E-state index is 0.0861. The van der Waals surface area contributed by atoms with Crippen molar-refractivity contribution >= 4 is 11.8 Å². The Morgan fingerprint density at radius 1 is 1.54 bits per heavy atom. The van der Waals surface area contributed by atoms with Gasteiger partial charge in [-0.25, -0.2) is 0 Å². The second-order valence-corrected chi connectivity index (χ2v) is 5.93. The molecule has 1 aromatic rings. The molecular weight excluding hydrogens is 182 g/mol. The van der Waals surface area contributed by atoms with Crippen LogP contribution in [-0.4, -0.2) is 10.5 Å². The van der Waals surface area contributed by atoms with E-state index in [-0.39, 0.29) is 10.8 Å². The van der Waals surface area contributed by atoms with Crippen molar-refractivity contribution in [3.8, 4) is 0 Å². The number of nitrogens with two attached hydrogens (primary N) is 1. The maximum Gasteiger partial charge on any atom is 0.0950 e. The normalized spacial score (nSPS) is 14.5. The molecule has 0 saturated carbocycles. The molecule has 1 rings (SSSR count). The van der Waals surface area contributed by atoms with Crippen LogP contribution >= 0.6 is 11.8 Å². The highest BCUT2D eigenvalue weighted by atomic mass is 32.2. The summed E-state index contributed by atoms with van der Waals surface area (Å²) in [5, 5.41) is 0. The highest BCUT2D eigenvalue weighted by Gasteiger charge is 2.14. The Hall–Kier alpha value is -0.410. The van der Waals surface area contributed by atoms with E-state index >= 15 is 0 Å². The van der Waals surface area contributed by atoms with E-state index in [0.717, 1.165) is 11.3 Å². The van der Waals surface area contributed by atoms with Gasteiger partial charge < -0.3 is 10.2 Å². The maximum atomic E-state index is 5.97. The summed E-state index contributed by atoms with van der Waals surface area (Å²) >= 11 is 1.87. The van der Waals surface area contributed by atoms with Crippen LogP contribution in [0, 0.1) is 0 Å². The number of furan rings is 1. The SMILES string of the molecule is CC(C)(C)SCC(N)c1ccoc1. The maximum absolute atomic E-state index is 5.97. The van der Waals surface area contributed by atoms with Gasteiger partial charge in [-0.05, 0) is 6.07 Å². The lowest BCUT2D eigenvalue weighted by atomic mass is 10.2. The summed E-state index contributed by atoms with van der Waals surface area (Å²) in [6, 6.07) is 2.01. The summed E-state index contributed by atoms with van der Waals surface area (Å²) in [6.45, 7) is 6.58. The minimum atomic E-state index is 0.0861. The quantitative estimate of drug-likeness (QED) is 0.813. The van der Waals surface area contributed by atoms with Gasteiger partial charge in [0.05, 0.1) is 12.5 Å². The minimum Gasteiger partial charge on any atom is -0.472 e. The van der Waals surface area contributed by atoms with Gasteiger partial charge in [0.15, 0.2) is 0 Å². The molecule has 1 heterocycles. The van der Waals surface area contributed by atoms with Gasteiger partial charge in [-0.15, -0.1) is 0 Å². The Morgan fingerprint density at radius 3 is 2.69 bits per heavy atom. The number of thioether (sulfide) groups is 1. The van der Waals surface area contributed by atoms with Crippen molar-refractivity contribution in [3.63, 3.8) is 0 Å². The fourth-order valence-corrected chi connectivity index (χ4v) is 1.79. The summed E-state index contributed by atoms with van der Waals surface area (Å²) in [5.41, 5.74) is 7.05. The standard InChI is InChI=1S/C10H17NOS/c1-10(2,3)13-7-9(11)8-4-5-12-6-8/h4-6,9H,7,11H2,1-3H3. The highest BCUT2D eigenvalue weighted by Crippen LogP contribution is 2.27. The predicted molar refractivity (Wildman–Crippen MR) is 57.8 cm³/mol. The van der Waals surface area contributed by atoms with E-state index in [9.17, 15) is 0 Å². The third kappa shape index (κ3) is 3.87. The molecule has 0 aromatic carbocycles. The van der Waals surface area contributed by atoms with Gasteiger partial charge in [-0.3, -0.25) is 0 Å². The Balaban J connectivity index is 2.39. The van der Waals surface area contributed by atoms with Crippen LogP contribution in [0.2, 0.25) is 0 Å². The average molecular weight is 199 g/mol. The van der Waals surface area contributed by atoms with Crippen LogP contribution in [0.25, 0.3) is 0 Å². The van der Waals surface area contributed by atoms with Crippen molar-refractivity contribution in [1.29, 1.82) is 0 Å². The van der Waals surface area contributed by atoms with Gasteiger partial charge in [0.1, 0.15) is 0 Å². The first-order valence-corrected chi connectivity index (χ1v) is 5.39. The molecule has 0 aliphatic rings. The van der Waals surface area contributed by atoms with Gasteiger partial charge >= 0.3 is 0 Å². The number of rotatable bonds is 3. The summed E-state index contributed by atoms with van der Waals surface area (Å²) in [7, 11) is 0. The largest absolute Gasteiger partial charge is 0.472 e. The molecule has 0 spiro atoms. The first-order chi connectivity index (χ1) is 5.99. The lowest BCUT2D eigenvalue weighted by Gasteiger charge is -2.19. The lowest BCUT2D eigenvalue weighted by molar-refractivity contribution is 0.561. The molecule has 0 aliphatic carbocycles. The van der Waals surface area contributed by atoms with Crippen LogP contribution in [-0.2, 0) is 0 Å². The summed E-state index contributed by atoms with van der Waals surface area (Å²) in [4.78, 5) is 0. The molecule has 0 aliphatic heterocycles. The first-order valence-electron chi connectivity index (χ1n) is 4.41. The van der Waals surface area contributed by atoms with E-state index in [1.165, 1.54) is 0 Å². The third-order valence-corrected chi connectivity index (χ3v) is 3.06. The fraction of sp³-hybridized carbons (Fsp3) is 0.600. The molecule has 0 fully saturated rings. The molecule has 0 amide bonds. The van der Waals surface area contributed by atoms with Gasteiger partial charge in [-0.2, -0.15) is 11.8 Å². The van der Waals surface area contributed by atoms with Crippen LogP contribution in [0.1, 0.15) is 32.4 Å². The van der Waals surface area contributed by atoms with E-state index in [2.05, 4.69) is 20.8 Å². The molecule has 2 N–H and O–H groups in total. The van der Waals surface area contributed by atoms with E-state index < -0.39 is 0 Å². The van der Waals surface area contributed by atoms with Crippen molar-refractivity contribution in [2.75, 3.05) is 5.75 Å². The van der Waals surface area contributed by atoms with E-state index in [1.54, 1.807) is 12.5 Å². The number of hydrogen-bond acceptors (Lipinski definition) is 3. The third-order valence-electron chi connectivity index (χ3n) is 1.67. The molecule has 74 valence electrons. The predicted octanol–water partition coefficient (Wildman–Crippen LogP) is 2.81. The Morgan fingerprint density at radius 2 is 2.23 bits per heavy atom. The summed E-state index contributed by atoms with van der Waals surface area (Å²) < 4.78 is 5.26. The zero-order chi connectivity index (χ0) is 9.90. The van der Waals surface area contributed by atoms with E-state index in [4.69, 9.17) is 10.2 Å². The Labute approximate surface area is 83.9 Å². The Kier molecular flexibility index (Phi) is 3.45. The van der Waals surface area contributed by atoms with Crippen LogP contribution in [0.15, 0.2) is 23.0 Å². The van der Waals surface area contributed by atoms with Crippen molar-refractivity contribution in [3.05, 3.63) is 24.2 Å². The average Bonchev–Trinajstić information content (AvgIpc) is 2.50. The molecule has 0 bridgehead atoms. The molecule has 13 heavy (non-hydrogen) atoms. The van der Waals surface area contributed by atoms with Crippen molar-refractivity contribution in [1.82, 2.24) is 0 Å². The van der Waals surface area contributed by atoms with Crippen LogP contribution < -0.4 is 5.73 Å². The van der Waals surface area contributed by atoms with Crippen LogP contribution in [0.3, 0.4) is 0 Å². The van der Waals surface area contributed by atoms with Crippen molar-refractivity contribution in [2.45, 2.75) is 31.6 Å². The molecule has 1 aromatic heterocycles. The van der Waals surface area contributed by atoms with E-state index in [1.807, 2.05) is 17.8 Å². The molecule has 1 unspecified atom stereocenters. The molecule has 1 atom stereocenters. The zero-order valence-electron chi connectivity index (χ0n) is 8.41. The smallest absolute Gasteiger partial charge is 0.0950 e. The molecule has 0 saturated heterocycles. The second-order valence-electron chi connectivity index (χ2n) is 4.09. The van der Waals surface area contributed by atoms with E-state index in [0.29, 0.717) is 0 Å². The van der Waals surface area contributed by atoms with Crippen LogP contribution in [0.5, 0.6) is 0 Å². The molecule has 0 radical (unpaired) electrons. The molecular formula is C10H17NOS. The second kappa shape index (κ2) is 4.20. The molecule has 3 heteroatoms. The van der Waals surface area contributed by atoms with Crippen molar-refractivity contribution in [2.24, 2.45) is 5.73 Å². The Bertz CT molecular complexity index is 238. The van der Waals surface area contributed by atoms with Gasteiger partial charge in [0.2, 0.25) is 0 Å². The summed E-state index contributed by atoms with van der Waals surface area (Å²) in [6.07, 6.45) is 3.38. The highest BCUT2D eigenvalue weighted by molar-refractivity contribution is 8.00. The monoisotopic (exact) mass is 199 g/mol. The topological polar surface area (TPSA) is 39.2 Å². The summed E-state index contributed by atoms with van der Waals surface area (Å²) in [5.74, 6) is 0.934.